The molecule has 5 nitrogen and oxygen atoms in total. The summed E-state index contributed by atoms with van der Waals surface area (Å²) in [6, 6.07) is 11.3. The summed E-state index contributed by atoms with van der Waals surface area (Å²) in [5.74, 6) is 3.20. The van der Waals surface area contributed by atoms with Gasteiger partial charge in [-0.3, -0.25) is 9.59 Å². The highest BCUT2D eigenvalue weighted by atomic mass is 16.3. The molecule has 26 heavy (non-hydrogen) atoms. The summed E-state index contributed by atoms with van der Waals surface area (Å²) in [6.45, 7) is 3.43. The van der Waals surface area contributed by atoms with Crippen LogP contribution in [0, 0.1) is 5.92 Å². The molecule has 5 heteroatoms. The maximum absolute atomic E-state index is 12.7. The minimum Gasteiger partial charge on any atom is -0.464 e. The zero-order valence-electron chi connectivity index (χ0n) is 15.3. The van der Waals surface area contributed by atoms with E-state index >= 15 is 0 Å². The van der Waals surface area contributed by atoms with Crippen LogP contribution in [0.5, 0.6) is 0 Å². The van der Waals surface area contributed by atoms with Crippen molar-refractivity contribution in [2.75, 3.05) is 18.5 Å². The van der Waals surface area contributed by atoms with E-state index in [9.17, 15) is 9.59 Å². The quantitative estimate of drug-likeness (QED) is 0.822. The Balaban J connectivity index is 1.40. The van der Waals surface area contributed by atoms with Crippen LogP contribution in [0.2, 0.25) is 0 Å². The number of carbonyl (C=O) groups is 2. The second kappa shape index (κ2) is 6.63. The highest BCUT2D eigenvalue weighted by molar-refractivity contribution is 5.97. The van der Waals surface area contributed by atoms with E-state index in [-0.39, 0.29) is 11.8 Å². The standard InChI is InChI=1S/C21H24N2O3/c1-14-12-18(14)19-10-9-17(26-19)13-22(2)21(25)15-5-7-16(8-6-15)23-11-3-4-20(23)24/h5-10,14,18H,3-4,11-13H2,1-2H3. The van der Waals surface area contributed by atoms with Gasteiger partial charge >= 0.3 is 0 Å². The van der Waals surface area contributed by atoms with Gasteiger partial charge in [0, 0.05) is 37.2 Å². The monoisotopic (exact) mass is 352 g/mol. The van der Waals surface area contributed by atoms with Gasteiger partial charge in [0.1, 0.15) is 11.5 Å². The number of rotatable bonds is 5. The molecule has 2 heterocycles. The molecule has 4 rings (SSSR count). The van der Waals surface area contributed by atoms with Crippen molar-refractivity contribution < 1.29 is 14.0 Å². The summed E-state index contributed by atoms with van der Waals surface area (Å²) in [5.41, 5.74) is 1.48. The summed E-state index contributed by atoms with van der Waals surface area (Å²) < 4.78 is 5.90. The maximum Gasteiger partial charge on any atom is 0.254 e. The highest BCUT2D eigenvalue weighted by Crippen LogP contribution is 2.47. The Morgan fingerprint density at radius 3 is 2.58 bits per heavy atom. The van der Waals surface area contributed by atoms with Crippen LogP contribution in [-0.4, -0.2) is 30.3 Å². The van der Waals surface area contributed by atoms with Crippen molar-refractivity contribution >= 4 is 17.5 Å². The fourth-order valence-electron chi connectivity index (χ4n) is 3.63. The van der Waals surface area contributed by atoms with E-state index < -0.39 is 0 Å². The van der Waals surface area contributed by atoms with Crippen LogP contribution in [0.15, 0.2) is 40.8 Å². The molecule has 0 bridgehead atoms. The van der Waals surface area contributed by atoms with Crippen LogP contribution < -0.4 is 4.90 Å². The first-order valence-corrected chi connectivity index (χ1v) is 9.27. The number of carbonyl (C=O) groups excluding carboxylic acids is 2. The van der Waals surface area contributed by atoms with Gasteiger partial charge in [-0.15, -0.1) is 0 Å². The lowest BCUT2D eigenvalue weighted by Gasteiger charge is -2.18. The summed E-state index contributed by atoms with van der Waals surface area (Å²) in [7, 11) is 1.78. The van der Waals surface area contributed by atoms with Crippen LogP contribution >= 0.6 is 0 Å². The van der Waals surface area contributed by atoms with Gasteiger partial charge in [-0.1, -0.05) is 6.92 Å². The van der Waals surface area contributed by atoms with E-state index in [0.717, 1.165) is 30.2 Å². The third kappa shape index (κ3) is 3.26. The molecule has 1 aliphatic heterocycles. The van der Waals surface area contributed by atoms with E-state index in [1.165, 1.54) is 6.42 Å². The third-order valence-corrected chi connectivity index (χ3v) is 5.40. The van der Waals surface area contributed by atoms with Crippen molar-refractivity contribution in [1.82, 2.24) is 4.90 Å². The zero-order valence-corrected chi connectivity index (χ0v) is 15.3. The van der Waals surface area contributed by atoms with Gasteiger partial charge in [0.25, 0.3) is 5.91 Å². The molecular formula is C21H24N2O3. The summed E-state index contributed by atoms with van der Waals surface area (Å²) >= 11 is 0. The van der Waals surface area contributed by atoms with Crippen LogP contribution in [0.3, 0.4) is 0 Å². The fraction of sp³-hybridized carbons (Fsp3) is 0.429. The van der Waals surface area contributed by atoms with Crippen LogP contribution in [0.25, 0.3) is 0 Å². The van der Waals surface area contributed by atoms with Gasteiger partial charge in [0.2, 0.25) is 5.91 Å². The molecule has 0 radical (unpaired) electrons. The Morgan fingerprint density at radius 2 is 1.96 bits per heavy atom. The number of furan rings is 1. The molecule has 2 aromatic rings. The number of anilines is 1. The van der Waals surface area contributed by atoms with Gasteiger partial charge in [-0.2, -0.15) is 0 Å². The molecule has 2 amide bonds. The van der Waals surface area contributed by atoms with Gasteiger partial charge < -0.3 is 14.2 Å². The van der Waals surface area contributed by atoms with Crippen molar-refractivity contribution in [2.45, 2.75) is 38.6 Å². The fourth-order valence-corrected chi connectivity index (χ4v) is 3.63. The largest absolute Gasteiger partial charge is 0.464 e. The lowest BCUT2D eigenvalue weighted by atomic mass is 10.1. The number of nitrogens with zero attached hydrogens (tertiary/aromatic N) is 2. The molecule has 1 aromatic carbocycles. The predicted molar refractivity (Wildman–Crippen MR) is 99.1 cm³/mol. The lowest BCUT2D eigenvalue weighted by Crippen LogP contribution is -2.26. The van der Waals surface area contributed by atoms with Crippen LogP contribution in [-0.2, 0) is 11.3 Å². The van der Waals surface area contributed by atoms with Gasteiger partial charge in [-0.05, 0) is 55.2 Å². The molecule has 2 fully saturated rings. The smallest absolute Gasteiger partial charge is 0.254 e. The van der Waals surface area contributed by atoms with Crippen molar-refractivity contribution in [3.63, 3.8) is 0 Å². The number of benzene rings is 1. The minimum atomic E-state index is -0.0537. The number of hydrogen-bond acceptors (Lipinski definition) is 3. The minimum absolute atomic E-state index is 0.0537. The summed E-state index contributed by atoms with van der Waals surface area (Å²) in [4.78, 5) is 27.9. The molecule has 0 spiro atoms. The predicted octanol–water partition coefficient (Wildman–Crippen LogP) is 3.80. The van der Waals surface area contributed by atoms with Crippen LogP contribution in [0.4, 0.5) is 5.69 Å². The molecule has 1 aromatic heterocycles. The van der Waals surface area contributed by atoms with E-state index in [2.05, 4.69) is 6.92 Å². The maximum atomic E-state index is 12.7. The second-order valence-corrected chi connectivity index (χ2v) is 7.48. The average Bonchev–Trinajstić information content (AvgIpc) is 3.01. The molecule has 2 atom stereocenters. The lowest BCUT2D eigenvalue weighted by molar-refractivity contribution is -0.117. The first-order valence-electron chi connectivity index (χ1n) is 9.27. The first-order chi connectivity index (χ1) is 12.5. The Bertz CT molecular complexity index is 824. The van der Waals surface area contributed by atoms with Crippen molar-refractivity contribution in [2.24, 2.45) is 5.92 Å². The molecule has 1 saturated heterocycles. The Hall–Kier alpha value is -2.56. The van der Waals surface area contributed by atoms with Gasteiger partial charge in [0.15, 0.2) is 0 Å². The van der Waals surface area contributed by atoms with Crippen molar-refractivity contribution in [1.29, 1.82) is 0 Å². The van der Waals surface area contributed by atoms with E-state index in [1.54, 1.807) is 29.0 Å². The van der Waals surface area contributed by atoms with E-state index in [4.69, 9.17) is 4.42 Å². The molecule has 2 aliphatic rings. The van der Waals surface area contributed by atoms with Crippen molar-refractivity contribution in [3.8, 4) is 0 Å². The van der Waals surface area contributed by atoms with E-state index in [0.29, 0.717) is 30.4 Å². The molecule has 136 valence electrons. The summed E-state index contributed by atoms with van der Waals surface area (Å²) in [6.07, 6.45) is 2.69. The number of amides is 2. The second-order valence-electron chi connectivity index (χ2n) is 7.48. The van der Waals surface area contributed by atoms with E-state index in [1.807, 2.05) is 24.3 Å². The molecule has 1 aliphatic carbocycles. The summed E-state index contributed by atoms with van der Waals surface area (Å²) in [5, 5.41) is 0. The Morgan fingerprint density at radius 1 is 1.23 bits per heavy atom. The van der Waals surface area contributed by atoms with Gasteiger partial charge in [0.05, 0.1) is 6.54 Å². The topological polar surface area (TPSA) is 53.8 Å². The Kier molecular flexibility index (Phi) is 4.31. The number of hydrogen-bond donors (Lipinski definition) is 0. The molecule has 1 saturated carbocycles. The Labute approximate surface area is 153 Å². The molecular weight excluding hydrogens is 328 g/mol. The normalized spacial score (nSPS) is 21.9. The zero-order chi connectivity index (χ0) is 18.3. The van der Waals surface area contributed by atoms with Gasteiger partial charge in [-0.25, -0.2) is 0 Å². The highest BCUT2D eigenvalue weighted by Gasteiger charge is 2.36. The third-order valence-electron chi connectivity index (χ3n) is 5.40. The van der Waals surface area contributed by atoms with Crippen LogP contribution in [0.1, 0.15) is 54.0 Å². The first kappa shape index (κ1) is 16.9. The van der Waals surface area contributed by atoms with Crippen molar-refractivity contribution in [3.05, 3.63) is 53.5 Å². The SMILES string of the molecule is CC1CC1c1ccc(CN(C)C(=O)c2ccc(N3CCCC3=O)cc2)o1. The molecule has 2 unspecified atom stereocenters. The molecule has 0 N–H and O–H groups in total. The average molecular weight is 352 g/mol.